The van der Waals surface area contributed by atoms with E-state index in [1.165, 1.54) is 0 Å². The quantitative estimate of drug-likeness (QED) is 0.453. The van der Waals surface area contributed by atoms with E-state index in [9.17, 15) is 18.0 Å². The Morgan fingerprint density at radius 2 is 2.00 bits per heavy atom. The van der Waals surface area contributed by atoms with Crippen molar-refractivity contribution in [3.8, 4) is 11.1 Å². The highest BCUT2D eigenvalue weighted by molar-refractivity contribution is 6.09. The van der Waals surface area contributed by atoms with Gasteiger partial charge in [0, 0.05) is 23.4 Å². The molecule has 4 N–H and O–H groups in total. The number of aromatic nitrogens is 3. The number of hydrogen-bond donors (Lipinski definition) is 3. The van der Waals surface area contributed by atoms with Crippen molar-refractivity contribution in [1.29, 1.82) is 0 Å². The molecule has 1 aliphatic carbocycles. The fraction of sp³-hybridized carbons (Fsp3) is 0.227. The number of amides is 1. The van der Waals surface area contributed by atoms with E-state index in [1.54, 1.807) is 12.3 Å². The Bertz CT molecular complexity index is 1320. The van der Waals surface area contributed by atoms with Gasteiger partial charge in [-0.25, -0.2) is 9.97 Å². The highest BCUT2D eigenvalue weighted by Crippen LogP contribution is 2.34. The van der Waals surface area contributed by atoms with Crippen molar-refractivity contribution in [2.24, 2.45) is 0 Å². The standard InChI is InChI=1S/C22H18F3N5O/c23-22(24,25)9-17-29-19(26)18-16(10-27-20(18)30-17)12-4-7-14-11(8-12)2-1-3-15(14)21(31)28-13-5-6-13/h1-4,7-8,10,13H,5-6,9H2,(H,28,31)(H3,26,27,29,30). The number of halogens is 3. The number of benzene rings is 2. The van der Waals surface area contributed by atoms with Crippen LogP contribution in [0.25, 0.3) is 32.9 Å². The topological polar surface area (TPSA) is 96.7 Å². The molecule has 0 spiro atoms. The van der Waals surface area contributed by atoms with Crippen molar-refractivity contribution in [2.45, 2.75) is 31.5 Å². The maximum atomic E-state index is 12.7. The van der Waals surface area contributed by atoms with Crippen molar-refractivity contribution >= 4 is 33.5 Å². The number of nitrogens with one attached hydrogen (secondary N) is 2. The number of nitrogens with two attached hydrogens (primary N) is 1. The van der Waals surface area contributed by atoms with Crippen molar-refractivity contribution in [3.05, 3.63) is 54.0 Å². The van der Waals surface area contributed by atoms with Crippen molar-refractivity contribution < 1.29 is 18.0 Å². The van der Waals surface area contributed by atoms with E-state index in [0.717, 1.165) is 29.2 Å². The van der Waals surface area contributed by atoms with Crippen molar-refractivity contribution in [2.75, 3.05) is 5.73 Å². The van der Waals surface area contributed by atoms with E-state index >= 15 is 0 Å². The van der Waals surface area contributed by atoms with E-state index < -0.39 is 12.6 Å². The highest BCUT2D eigenvalue weighted by atomic mass is 19.4. The third kappa shape index (κ3) is 3.78. The number of carbonyl (C=O) groups is 1. The molecular weight excluding hydrogens is 407 g/mol. The predicted octanol–water partition coefficient (Wildman–Crippen LogP) is 4.36. The molecule has 1 amide bonds. The average Bonchev–Trinajstić information content (AvgIpc) is 3.41. The molecule has 9 heteroatoms. The molecule has 2 aromatic heterocycles. The molecule has 1 aliphatic rings. The average molecular weight is 425 g/mol. The van der Waals surface area contributed by atoms with Crippen LogP contribution in [-0.2, 0) is 6.42 Å². The van der Waals surface area contributed by atoms with Crippen LogP contribution in [-0.4, -0.2) is 33.1 Å². The zero-order valence-electron chi connectivity index (χ0n) is 16.3. The number of nitrogens with zero attached hydrogens (tertiary/aromatic N) is 2. The predicted molar refractivity (Wildman–Crippen MR) is 111 cm³/mol. The summed E-state index contributed by atoms with van der Waals surface area (Å²) in [7, 11) is 0. The second-order valence-electron chi connectivity index (χ2n) is 7.73. The Hall–Kier alpha value is -3.62. The molecule has 2 aromatic carbocycles. The number of aromatic amines is 1. The minimum absolute atomic E-state index is 0.0156. The van der Waals surface area contributed by atoms with Crippen LogP contribution in [0.5, 0.6) is 0 Å². The number of alkyl halides is 3. The van der Waals surface area contributed by atoms with Gasteiger partial charge in [-0.3, -0.25) is 4.79 Å². The van der Waals surface area contributed by atoms with Crippen LogP contribution in [0.4, 0.5) is 19.0 Å². The largest absolute Gasteiger partial charge is 0.396 e. The fourth-order valence-corrected chi connectivity index (χ4v) is 3.73. The maximum absolute atomic E-state index is 12.7. The van der Waals surface area contributed by atoms with Crippen LogP contribution >= 0.6 is 0 Å². The van der Waals surface area contributed by atoms with Crippen LogP contribution in [0.1, 0.15) is 29.0 Å². The highest BCUT2D eigenvalue weighted by Gasteiger charge is 2.30. The molecule has 0 aliphatic heterocycles. The molecule has 31 heavy (non-hydrogen) atoms. The Morgan fingerprint density at radius 1 is 1.19 bits per heavy atom. The van der Waals surface area contributed by atoms with Crippen LogP contribution in [0.3, 0.4) is 0 Å². The Morgan fingerprint density at radius 3 is 2.74 bits per heavy atom. The Balaban J connectivity index is 1.55. The van der Waals surface area contributed by atoms with E-state index in [1.807, 2.05) is 30.3 Å². The fourth-order valence-electron chi connectivity index (χ4n) is 3.73. The summed E-state index contributed by atoms with van der Waals surface area (Å²) < 4.78 is 38.1. The summed E-state index contributed by atoms with van der Waals surface area (Å²) in [5.41, 5.74) is 8.32. The van der Waals surface area contributed by atoms with Gasteiger partial charge >= 0.3 is 6.18 Å². The van der Waals surface area contributed by atoms with Gasteiger partial charge < -0.3 is 16.0 Å². The summed E-state index contributed by atoms with van der Waals surface area (Å²) in [6.07, 6.45) is -2.00. The molecule has 5 rings (SSSR count). The summed E-state index contributed by atoms with van der Waals surface area (Å²) in [5, 5.41) is 5.15. The molecule has 1 fully saturated rings. The lowest BCUT2D eigenvalue weighted by Crippen LogP contribution is -2.25. The summed E-state index contributed by atoms with van der Waals surface area (Å²) in [4.78, 5) is 23.3. The van der Waals surface area contributed by atoms with Gasteiger partial charge in [0.15, 0.2) is 0 Å². The number of carbonyl (C=O) groups excluding carboxylic acids is 1. The number of rotatable bonds is 4. The first-order valence-corrected chi connectivity index (χ1v) is 9.83. The zero-order valence-corrected chi connectivity index (χ0v) is 16.3. The molecule has 0 saturated heterocycles. The first-order valence-electron chi connectivity index (χ1n) is 9.83. The second kappa shape index (κ2) is 6.97. The molecule has 0 unspecified atom stereocenters. The van der Waals surface area contributed by atoms with Crippen molar-refractivity contribution in [3.63, 3.8) is 0 Å². The molecular formula is C22H18F3N5O. The zero-order chi connectivity index (χ0) is 21.8. The van der Waals surface area contributed by atoms with Gasteiger partial charge in [-0.2, -0.15) is 13.2 Å². The molecule has 6 nitrogen and oxygen atoms in total. The number of anilines is 1. The Labute approximate surface area is 174 Å². The normalized spacial score (nSPS) is 14.3. The van der Waals surface area contributed by atoms with Crippen LogP contribution < -0.4 is 11.1 Å². The first kappa shape index (κ1) is 19.3. The number of fused-ring (bicyclic) bond motifs is 2. The van der Waals surface area contributed by atoms with E-state index in [4.69, 9.17) is 5.73 Å². The van der Waals surface area contributed by atoms with Gasteiger partial charge in [-0.1, -0.05) is 24.3 Å². The molecule has 158 valence electrons. The van der Waals surface area contributed by atoms with Crippen LogP contribution in [0, 0.1) is 0 Å². The lowest BCUT2D eigenvalue weighted by Gasteiger charge is -2.10. The van der Waals surface area contributed by atoms with Crippen molar-refractivity contribution in [1.82, 2.24) is 20.3 Å². The van der Waals surface area contributed by atoms with Gasteiger partial charge in [0.1, 0.15) is 23.7 Å². The summed E-state index contributed by atoms with van der Waals surface area (Å²) in [5.74, 6) is -0.489. The molecule has 4 aromatic rings. The summed E-state index contributed by atoms with van der Waals surface area (Å²) in [6.45, 7) is 0. The third-order valence-electron chi connectivity index (χ3n) is 5.31. The smallest absolute Gasteiger partial charge is 0.383 e. The molecule has 0 radical (unpaired) electrons. The maximum Gasteiger partial charge on any atom is 0.396 e. The monoisotopic (exact) mass is 425 g/mol. The summed E-state index contributed by atoms with van der Waals surface area (Å²) in [6, 6.07) is 11.4. The third-order valence-corrected chi connectivity index (χ3v) is 5.31. The van der Waals surface area contributed by atoms with Gasteiger partial charge in [-0.05, 0) is 41.3 Å². The van der Waals surface area contributed by atoms with Gasteiger partial charge in [0.2, 0.25) is 0 Å². The molecule has 1 saturated carbocycles. The lowest BCUT2D eigenvalue weighted by atomic mass is 9.98. The second-order valence-corrected chi connectivity index (χ2v) is 7.73. The summed E-state index contributed by atoms with van der Waals surface area (Å²) >= 11 is 0. The van der Waals surface area contributed by atoms with Gasteiger partial charge in [-0.15, -0.1) is 0 Å². The van der Waals surface area contributed by atoms with Crippen LogP contribution in [0.2, 0.25) is 0 Å². The van der Waals surface area contributed by atoms with Crippen LogP contribution in [0.15, 0.2) is 42.6 Å². The molecule has 2 heterocycles. The first-order chi connectivity index (χ1) is 14.8. The number of nitrogen functional groups attached to an aromatic ring is 1. The van der Waals surface area contributed by atoms with E-state index in [-0.39, 0.29) is 29.2 Å². The molecule has 0 bridgehead atoms. The number of H-pyrrole nitrogens is 1. The van der Waals surface area contributed by atoms with Gasteiger partial charge in [0.25, 0.3) is 5.91 Å². The number of hydrogen-bond acceptors (Lipinski definition) is 4. The van der Waals surface area contributed by atoms with Gasteiger partial charge in [0.05, 0.1) is 5.39 Å². The minimum atomic E-state index is -4.42. The Kier molecular flexibility index (Phi) is 4.35. The molecule has 0 atom stereocenters. The minimum Gasteiger partial charge on any atom is -0.383 e. The van der Waals surface area contributed by atoms with E-state index in [2.05, 4.69) is 20.3 Å². The SMILES string of the molecule is Nc1nc(CC(F)(F)F)nc2[nH]cc(-c3ccc4c(C(=O)NC5CC5)cccc4c3)c12. The van der Waals surface area contributed by atoms with E-state index in [0.29, 0.717) is 16.5 Å². The lowest BCUT2D eigenvalue weighted by molar-refractivity contribution is -0.128.